The van der Waals surface area contributed by atoms with E-state index in [1.165, 1.54) is 0 Å². The van der Waals surface area contributed by atoms with Gasteiger partial charge >= 0.3 is 0 Å². The highest BCUT2D eigenvalue weighted by Crippen LogP contribution is 2.35. The van der Waals surface area contributed by atoms with E-state index in [2.05, 4.69) is 10.3 Å². The molecule has 0 bridgehead atoms. The van der Waals surface area contributed by atoms with E-state index in [-0.39, 0.29) is 12.6 Å². The van der Waals surface area contributed by atoms with Crippen molar-refractivity contribution in [1.82, 2.24) is 10.3 Å². The van der Waals surface area contributed by atoms with Crippen LogP contribution in [0.3, 0.4) is 0 Å². The van der Waals surface area contributed by atoms with Gasteiger partial charge in [0, 0.05) is 23.7 Å². The molecule has 0 atom stereocenters. The zero-order valence-electron chi connectivity index (χ0n) is 12.4. The summed E-state index contributed by atoms with van der Waals surface area (Å²) in [7, 11) is 0. The summed E-state index contributed by atoms with van der Waals surface area (Å²) >= 11 is 6.03. The number of carbonyl (C=O) groups is 1. The molecule has 24 heavy (non-hydrogen) atoms. The number of hydrogen-bond donors (Lipinski definition) is 2. The maximum Gasteiger partial charge on any atom is 0.257 e. The standard InChI is InChI=1S/C17H12ClN3O3/c18-12-5-9(1-2-13(12)19)24-15-3-4-20-14-7-16-11(6-10(14)15)17(22)21-8-23-16/h1-7H,8,19H2,(H,21,22). The molecule has 0 fully saturated rings. The van der Waals surface area contributed by atoms with Gasteiger partial charge in [-0.2, -0.15) is 0 Å². The highest BCUT2D eigenvalue weighted by Gasteiger charge is 2.20. The molecule has 3 aromatic rings. The monoisotopic (exact) mass is 341 g/mol. The number of carbonyl (C=O) groups excluding carboxylic acids is 1. The second-order valence-electron chi connectivity index (χ2n) is 5.25. The normalized spacial score (nSPS) is 13.1. The maximum absolute atomic E-state index is 12.0. The first-order valence-corrected chi connectivity index (χ1v) is 7.56. The van der Waals surface area contributed by atoms with Crippen LogP contribution in [0.1, 0.15) is 10.4 Å². The van der Waals surface area contributed by atoms with Gasteiger partial charge in [0.15, 0.2) is 6.73 Å². The van der Waals surface area contributed by atoms with Crippen molar-refractivity contribution in [3.63, 3.8) is 0 Å². The Morgan fingerprint density at radius 3 is 2.96 bits per heavy atom. The fourth-order valence-corrected chi connectivity index (χ4v) is 2.68. The van der Waals surface area contributed by atoms with E-state index in [0.717, 1.165) is 0 Å². The average Bonchev–Trinajstić information content (AvgIpc) is 2.57. The van der Waals surface area contributed by atoms with Gasteiger partial charge < -0.3 is 20.5 Å². The van der Waals surface area contributed by atoms with E-state index in [0.29, 0.717) is 44.4 Å². The van der Waals surface area contributed by atoms with Crippen LogP contribution >= 0.6 is 11.6 Å². The first-order chi connectivity index (χ1) is 11.6. The molecule has 4 rings (SSSR count). The van der Waals surface area contributed by atoms with Gasteiger partial charge in [0.25, 0.3) is 5.91 Å². The molecule has 0 aliphatic carbocycles. The number of hydrogen-bond acceptors (Lipinski definition) is 5. The Morgan fingerprint density at radius 2 is 2.12 bits per heavy atom. The Labute approximate surface area is 142 Å². The van der Waals surface area contributed by atoms with Gasteiger partial charge in [0.1, 0.15) is 17.2 Å². The number of benzene rings is 2. The number of ether oxygens (including phenoxy) is 2. The highest BCUT2D eigenvalue weighted by atomic mass is 35.5. The topological polar surface area (TPSA) is 86.5 Å². The van der Waals surface area contributed by atoms with Crippen molar-refractivity contribution in [3.05, 3.63) is 53.2 Å². The van der Waals surface area contributed by atoms with Crippen molar-refractivity contribution in [3.8, 4) is 17.2 Å². The maximum atomic E-state index is 12.0. The second-order valence-corrected chi connectivity index (χ2v) is 5.66. The molecular formula is C17H12ClN3O3. The van der Waals surface area contributed by atoms with Crippen LogP contribution in [0.5, 0.6) is 17.2 Å². The predicted octanol–water partition coefficient (Wildman–Crippen LogP) is 3.34. The number of nitrogens with two attached hydrogens (primary N) is 1. The Morgan fingerprint density at radius 1 is 1.25 bits per heavy atom. The molecule has 0 spiro atoms. The number of aromatic nitrogens is 1. The average molecular weight is 342 g/mol. The number of fused-ring (bicyclic) bond motifs is 2. The molecule has 6 nitrogen and oxygen atoms in total. The summed E-state index contributed by atoms with van der Waals surface area (Å²) in [5.74, 6) is 1.41. The summed E-state index contributed by atoms with van der Waals surface area (Å²) in [6.07, 6.45) is 1.63. The number of nitrogens with one attached hydrogen (secondary N) is 1. The molecule has 2 aromatic carbocycles. The number of nitrogen functional groups attached to an aromatic ring is 1. The minimum Gasteiger partial charge on any atom is -0.472 e. The molecule has 0 unspecified atom stereocenters. The van der Waals surface area contributed by atoms with Crippen LogP contribution in [0, 0.1) is 0 Å². The lowest BCUT2D eigenvalue weighted by molar-refractivity contribution is 0.0884. The molecule has 0 saturated heterocycles. The Hall–Kier alpha value is -2.99. The van der Waals surface area contributed by atoms with Gasteiger partial charge in [0.2, 0.25) is 0 Å². The first-order valence-electron chi connectivity index (χ1n) is 7.18. The molecule has 1 amide bonds. The Kier molecular flexibility index (Phi) is 3.39. The molecule has 7 heteroatoms. The first kappa shape index (κ1) is 14.6. The van der Waals surface area contributed by atoms with Crippen molar-refractivity contribution in [1.29, 1.82) is 0 Å². The van der Waals surface area contributed by atoms with Gasteiger partial charge in [0.05, 0.1) is 21.8 Å². The van der Waals surface area contributed by atoms with Crippen LogP contribution in [0.15, 0.2) is 42.6 Å². The zero-order chi connectivity index (χ0) is 16.7. The summed E-state index contributed by atoms with van der Waals surface area (Å²) in [5, 5.41) is 3.74. The molecular weight excluding hydrogens is 330 g/mol. The van der Waals surface area contributed by atoms with Crippen LogP contribution < -0.4 is 20.5 Å². The van der Waals surface area contributed by atoms with E-state index in [1.54, 1.807) is 42.6 Å². The van der Waals surface area contributed by atoms with E-state index in [1.807, 2.05) is 0 Å². The zero-order valence-corrected chi connectivity index (χ0v) is 13.1. The molecule has 1 aliphatic rings. The second kappa shape index (κ2) is 5.58. The lowest BCUT2D eigenvalue weighted by Gasteiger charge is -2.18. The van der Waals surface area contributed by atoms with Crippen LogP contribution in [0.25, 0.3) is 10.9 Å². The van der Waals surface area contributed by atoms with Gasteiger partial charge in [-0.1, -0.05) is 11.6 Å². The van der Waals surface area contributed by atoms with Crippen molar-refractivity contribution in [2.75, 3.05) is 12.5 Å². The largest absolute Gasteiger partial charge is 0.472 e. The third-order valence-corrected chi connectivity index (χ3v) is 4.03. The molecule has 0 radical (unpaired) electrons. The highest BCUT2D eigenvalue weighted by molar-refractivity contribution is 6.33. The molecule has 120 valence electrons. The Balaban J connectivity index is 1.81. The van der Waals surface area contributed by atoms with Crippen LogP contribution in [0.2, 0.25) is 5.02 Å². The third-order valence-electron chi connectivity index (χ3n) is 3.71. The quantitative estimate of drug-likeness (QED) is 0.698. The Bertz CT molecular complexity index is 975. The minimum atomic E-state index is -0.191. The van der Waals surface area contributed by atoms with Gasteiger partial charge in [-0.15, -0.1) is 0 Å². The van der Waals surface area contributed by atoms with E-state index < -0.39 is 0 Å². The number of nitrogens with zero attached hydrogens (tertiary/aromatic N) is 1. The number of amides is 1. The molecule has 3 N–H and O–H groups in total. The van der Waals surface area contributed by atoms with Gasteiger partial charge in [-0.25, -0.2) is 0 Å². The summed E-state index contributed by atoms with van der Waals surface area (Å²) in [4.78, 5) is 16.3. The smallest absolute Gasteiger partial charge is 0.257 e. The van der Waals surface area contributed by atoms with E-state index in [9.17, 15) is 4.79 Å². The van der Waals surface area contributed by atoms with Crippen LogP contribution in [0.4, 0.5) is 5.69 Å². The minimum absolute atomic E-state index is 0.150. The van der Waals surface area contributed by atoms with Crippen LogP contribution in [-0.2, 0) is 0 Å². The van der Waals surface area contributed by atoms with E-state index in [4.69, 9.17) is 26.8 Å². The summed E-state index contributed by atoms with van der Waals surface area (Å²) < 4.78 is 11.3. The third kappa shape index (κ3) is 2.47. The number of halogens is 1. The number of rotatable bonds is 2. The van der Waals surface area contributed by atoms with Crippen LogP contribution in [-0.4, -0.2) is 17.6 Å². The fraction of sp³-hybridized carbons (Fsp3) is 0.0588. The fourth-order valence-electron chi connectivity index (χ4n) is 2.51. The van der Waals surface area contributed by atoms with Gasteiger partial charge in [-0.05, 0) is 24.3 Å². The molecule has 2 heterocycles. The summed E-state index contributed by atoms with van der Waals surface area (Å²) in [6, 6.07) is 10.2. The van der Waals surface area contributed by atoms with Crippen molar-refractivity contribution in [2.45, 2.75) is 0 Å². The summed E-state index contributed by atoms with van der Waals surface area (Å²) in [5.41, 5.74) is 7.30. The number of pyridine rings is 1. The lowest BCUT2D eigenvalue weighted by atomic mass is 10.1. The molecule has 0 saturated carbocycles. The number of anilines is 1. The lowest BCUT2D eigenvalue weighted by Crippen LogP contribution is -2.32. The van der Waals surface area contributed by atoms with Gasteiger partial charge in [-0.3, -0.25) is 9.78 Å². The summed E-state index contributed by atoms with van der Waals surface area (Å²) in [6.45, 7) is 0.150. The molecule has 1 aromatic heterocycles. The van der Waals surface area contributed by atoms with Crippen molar-refractivity contribution < 1.29 is 14.3 Å². The predicted molar refractivity (Wildman–Crippen MR) is 90.6 cm³/mol. The molecule has 1 aliphatic heterocycles. The SMILES string of the molecule is Nc1ccc(Oc2ccnc3cc4c(cc23)C(=O)NCO4)cc1Cl. The van der Waals surface area contributed by atoms with Crippen molar-refractivity contribution >= 4 is 34.1 Å². The van der Waals surface area contributed by atoms with E-state index >= 15 is 0 Å². The van der Waals surface area contributed by atoms with Crippen molar-refractivity contribution in [2.24, 2.45) is 0 Å².